The largest absolute Gasteiger partial charge is 0.439 e. The standard InChI is InChI=1S/C11H9NO2S/c13-11-12-5-9(14-11)8-6-15-10-4-2-1-3-7(8)10/h1-4,6,9H,5H2,(H,12,13). The molecule has 0 spiro atoms. The monoisotopic (exact) mass is 219 g/mol. The lowest BCUT2D eigenvalue weighted by atomic mass is 10.1. The minimum Gasteiger partial charge on any atom is -0.439 e. The fraction of sp³-hybridized carbons (Fsp3) is 0.182. The second kappa shape index (κ2) is 3.24. The summed E-state index contributed by atoms with van der Waals surface area (Å²) in [5.74, 6) is 0. The van der Waals surface area contributed by atoms with Gasteiger partial charge in [0.25, 0.3) is 0 Å². The number of hydrogen-bond acceptors (Lipinski definition) is 3. The molecule has 0 radical (unpaired) electrons. The van der Waals surface area contributed by atoms with Crippen molar-refractivity contribution in [3.8, 4) is 0 Å². The van der Waals surface area contributed by atoms with Crippen LogP contribution < -0.4 is 5.32 Å². The van der Waals surface area contributed by atoms with Crippen molar-refractivity contribution < 1.29 is 9.53 Å². The van der Waals surface area contributed by atoms with Crippen LogP contribution in [0.3, 0.4) is 0 Å². The van der Waals surface area contributed by atoms with Crippen molar-refractivity contribution in [3.05, 3.63) is 35.2 Å². The van der Waals surface area contributed by atoms with Gasteiger partial charge >= 0.3 is 6.09 Å². The van der Waals surface area contributed by atoms with Crippen LogP contribution in [-0.4, -0.2) is 12.6 Å². The smallest absolute Gasteiger partial charge is 0.407 e. The Labute approximate surface area is 90.7 Å². The topological polar surface area (TPSA) is 38.3 Å². The summed E-state index contributed by atoms with van der Waals surface area (Å²) in [4.78, 5) is 11.0. The van der Waals surface area contributed by atoms with E-state index in [0.29, 0.717) is 6.54 Å². The first-order valence-electron chi connectivity index (χ1n) is 4.75. The molecular formula is C11H9NO2S. The summed E-state index contributed by atoms with van der Waals surface area (Å²) < 4.78 is 6.40. The number of carbonyl (C=O) groups is 1. The number of ether oxygens (including phenoxy) is 1. The van der Waals surface area contributed by atoms with Crippen LogP contribution in [0.2, 0.25) is 0 Å². The summed E-state index contributed by atoms with van der Waals surface area (Å²) in [6, 6.07) is 8.16. The normalized spacial score (nSPS) is 20.3. The molecule has 1 saturated heterocycles. The number of cyclic esters (lactones) is 1. The molecule has 2 heterocycles. The molecule has 1 unspecified atom stereocenters. The molecule has 1 aromatic carbocycles. The Morgan fingerprint density at radius 1 is 1.40 bits per heavy atom. The average Bonchev–Trinajstić information content (AvgIpc) is 2.83. The van der Waals surface area contributed by atoms with E-state index < -0.39 is 0 Å². The van der Waals surface area contributed by atoms with E-state index in [4.69, 9.17) is 4.74 Å². The number of rotatable bonds is 1. The Balaban J connectivity index is 2.07. The average molecular weight is 219 g/mol. The summed E-state index contributed by atoms with van der Waals surface area (Å²) in [5, 5.41) is 5.92. The molecule has 0 aliphatic carbocycles. The van der Waals surface area contributed by atoms with Gasteiger partial charge in [-0.05, 0) is 16.8 Å². The van der Waals surface area contributed by atoms with Crippen LogP contribution in [-0.2, 0) is 4.74 Å². The van der Waals surface area contributed by atoms with Crippen molar-refractivity contribution in [2.24, 2.45) is 0 Å². The minimum atomic E-state index is -0.324. The SMILES string of the molecule is O=C1NCC(c2csc3ccccc23)O1. The molecule has 4 heteroatoms. The number of nitrogens with one attached hydrogen (secondary N) is 1. The number of carbonyl (C=O) groups excluding carboxylic acids is 1. The van der Waals surface area contributed by atoms with Crippen LogP contribution in [0.5, 0.6) is 0 Å². The highest BCUT2D eigenvalue weighted by atomic mass is 32.1. The predicted molar refractivity (Wildman–Crippen MR) is 59.0 cm³/mol. The lowest BCUT2D eigenvalue weighted by Crippen LogP contribution is -2.12. The third kappa shape index (κ3) is 1.37. The van der Waals surface area contributed by atoms with Crippen molar-refractivity contribution in [1.29, 1.82) is 0 Å². The molecule has 1 aliphatic heterocycles. The van der Waals surface area contributed by atoms with E-state index in [1.807, 2.05) is 12.1 Å². The number of alkyl carbamates (subject to hydrolysis) is 1. The number of fused-ring (bicyclic) bond motifs is 1. The van der Waals surface area contributed by atoms with Gasteiger partial charge in [0.05, 0.1) is 6.54 Å². The molecule has 15 heavy (non-hydrogen) atoms. The molecule has 76 valence electrons. The lowest BCUT2D eigenvalue weighted by molar-refractivity contribution is 0.142. The molecule has 1 atom stereocenters. The summed E-state index contributed by atoms with van der Waals surface area (Å²) in [5.41, 5.74) is 1.11. The molecule has 1 aliphatic rings. The number of amides is 1. The highest BCUT2D eigenvalue weighted by molar-refractivity contribution is 7.17. The number of hydrogen-bond donors (Lipinski definition) is 1. The zero-order chi connectivity index (χ0) is 10.3. The van der Waals surface area contributed by atoms with Gasteiger partial charge < -0.3 is 10.1 Å². The van der Waals surface area contributed by atoms with Gasteiger partial charge in [0.2, 0.25) is 0 Å². The van der Waals surface area contributed by atoms with Crippen LogP contribution >= 0.6 is 11.3 Å². The van der Waals surface area contributed by atoms with E-state index in [2.05, 4.69) is 22.8 Å². The van der Waals surface area contributed by atoms with Crippen LogP contribution in [0.1, 0.15) is 11.7 Å². The van der Waals surface area contributed by atoms with Crippen molar-refractivity contribution >= 4 is 27.5 Å². The van der Waals surface area contributed by atoms with E-state index in [1.165, 1.54) is 10.1 Å². The molecule has 3 rings (SSSR count). The molecular weight excluding hydrogens is 210 g/mol. The zero-order valence-corrected chi connectivity index (χ0v) is 8.71. The number of benzene rings is 1. The van der Waals surface area contributed by atoms with Crippen LogP contribution in [0, 0.1) is 0 Å². The van der Waals surface area contributed by atoms with Gasteiger partial charge in [-0.25, -0.2) is 4.79 Å². The van der Waals surface area contributed by atoms with Gasteiger partial charge in [-0.15, -0.1) is 11.3 Å². The Kier molecular flexibility index (Phi) is 1.89. The molecule has 1 N–H and O–H groups in total. The number of thiophene rings is 1. The first-order valence-corrected chi connectivity index (χ1v) is 5.63. The van der Waals surface area contributed by atoms with Crippen LogP contribution in [0.25, 0.3) is 10.1 Å². The Morgan fingerprint density at radius 3 is 3.07 bits per heavy atom. The molecule has 1 aromatic heterocycles. The van der Waals surface area contributed by atoms with Crippen molar-refractivity contribution in [2.45, 2.75) is 6.10 Å². The first kappa shape index (κ1) is 8.73. The molecule has 1 amide bonds. The fourth-order valence-corrected chi connectivity index (χ4v) is 2.81. The lowest BCUT2D eigenvalue weighted by Gasteiger charge is -2.05. The van der Waals surface area contributed by atoms with Crippen LogP contribution in [0.4, 0.5) is 4.79 Å². The van der Waals surface area contributed by atoms with Gasteiger partial charge in [-0.1, -0.05) is 18.2 Å². The van der Waals surface area contributed by atoms with Gasteiger partial charge in [0.15, 0.2) is 0 Å². The summed E-state index contributed by atoms with van der Waals surface area (Å²) in [6.45, 7) is 0.569. The van der Waals surface area contributed by atoms with E-state index in [0.717, 1.165) is 5.56 Å². The molecule has 3 nitrogen and oxygen atoms in total. The van der Waals surface area contributed by atoms with E-state index in [9.17, 15) is 4.79 Å². The van der Waals surface area contributed by atoms with E-state index in [-0.39, 0.29) is 12.2 Å². The van der Waals surface area contributed by atoms with Gasteiger partial charge in [0, 0.05) is 10.3 Å². The summed E-state index contributed by atoms with van der Waals surface area (Å²) >= 11 is 1.68. The third-order valence-electron chi connectivity index (χ3n) is 2.54. The highest BCUT2D eigenvalue weighted by Gasteiger charge is 2.26. The molecule has 0 bridgehead atoms. The Bertz CT molecular complexity index is 520. The predicted octanol–water partition coefficient (Wildman–Crippen LogP) is 2.68. The van der Waals surface area contributed by atoms with Crippen LogP contribution in [0.15, 0.2) is 29.6 Å². The van der Waals surface area contributed by atoms with E-state index >= 15 is 0 Å². The van der Waals surface area contributed by atoms with E-state index in [1.54, 1.807) is 11.3 Å². The van der Waals surface area contributed by atoms with Gasteiger partial charge in [-0.2, -0.15) is 0 Å². The maximum atomic E-state index is 11.0. The van der Waals surface area contributed by atoms with Gasteiger partial charge in [0.1, 0.15) is 6.10 Å². The van der Waals surface area contributed by atoms with Gasteiger partial charge in [-0.3, -0.25) is 0 Å². The molecule has 0 saturated carbocycles. The summed E-state index contributed by atoms with van der Waals surface area (Å²) in [7, 11) is 0. The third-order valence-corrected chi connectivity index (χ3v) is 3.52. The second-order valence-corrected chi connectivity index (χ2v) is 4.37. The molecule has 2 aromatic rings. The Morgan fingerprint density at radius 2 is 2.27 bits per heavy atom. The Hall–Kier alpha value is -1.55. The van der Waals surface area contributed by atoms with Crippen molar-refractivity contribution in [3.63, 3.8) is 0 Å². The fourth-order valence-electron chi connectivity index (χ4n) is 1.81. The maximum Gasteiger partial charge on any atom is 0.407 e. The van der Waals surface area contributed by atoms with Crippen molar-refractivity contribution in [2.75, 3.05) is 6.54 Å². The quantitative estimate of drug-likeness (QED) is 0.800. The zero-order valence-electron chi connectivity index (χ0n) is 7.90. The van der Waals surface area contributed by atoms with Crippen molar-refractivity contribution in [1.82, 2.24) is 5.32 Å². The maximum absolute atomic E-state index is 11.0. The summed E-state index contributed by atoms with van der Waals surface area (Å²) in [6.07, 6.45) is -0.455. The minimum absolute atomic E-state index is 0.131. The molecule has 1 fully saturated rings. The first-order chi connectivity index (χ1) is 7.34. The highest BCUT2D eigenvalue weighted by Crippen LogP contribution is 2.32. The second-order valence-electron chi connectivity index (χ2n) is 3.46.